The zero-order chi connectivity index (χ0) is 14.2. The molecule has 3 saturated carbocycles. The van der Waals surface area contributed by atoms with E-state index < -0.39 is 5.60 Å². The van der Waals surface area contributed by atoms with Crippen LogP contribution < -0.4 is 10.6 Å². The standard InChI is InChI=1S/C15H26N2O3/c1-2-20-12-9-11(15(12)7-4-8-15)17-13(18)16-10-14(19)5-3-6-14/h11-12,19H,2-10H2,1H3,(H2,16,17,18). The fraction of sp³-hybridized carbons (Fsp3) is 0.933. The summed E-state index contributed by atoms with van der Waals surface area (Å²) >= 11 is 0. The van der Waals surface area contributed by atoms with Crippen LogP contribution in [0.3, 0.4) is 0 Å². The van der Waals surface area contributed by atoms with Crippen LogP contribution in [-0.2, 0) is 4.74 Å². The summed E-state index contributed by atoms with van der Waals surface area (Å²) in [6.07, 6.45) is 7.46. The molecule has 0 aromatic rings. The SMILES string of the molecule is CCOC1CC(NC(=O)NCC2(O)CCC2)C12CCC2. The molecule has 1 spiro atoms. The lowest BCUT2D eigenvalue weighted by molar-refractivity contribution is -0.169. The lowest BCUT2D eigenvalue weighted by Gasteiger charge is -2.60. The van der Waals surface area contributed by atoms with Gasteiger partial charge in [0.15, 0.2) is 0 Å². The maximum atomic E-state index is 12.0. The second-order valence-corrected chi connectivity index (χ2v) is 6.72. The summed E-state index contributed by atoms with van der Waals surface area (Å²) < 4.78 is 5.78. The van der Waals surface area contributed by atoms with Crippen LogP contribution in [0.5, 0.6) is 0 Å². The van der Waals surface area contributed by atoms with E-state index in [0.29, 0.717) is 12.6 Å². The van der Waals surface area contributed by atoms with Gasteiger partial charge in [-0.1, -0.05) is 6.42 Å². The highest BCUT2D eigenvalue weighted by molar-refractivity contribution is 5.74. The number of nitrogens with one attached hydrogen (secondary N) is 2. The molecule has 5 heteroatoms. The summed E-state index contributed by atoms with van der Waals surface area (Å²) in [4.78, 5) is 12.0. The number of urea groups is 1. The molecule has 0 saturated heterocycles. The van der Waals surface area contributed by atoms with Gasteiger partial charge in [-0.3, -0.25) is 0 Å². The zero-order valence-corrected chi connectivity index (χ0v) is 12.3. The molecule has 2 amide bonds. The number of carbonyl (C=O) groups excluding carboxylic acids is 1. The molecule has 0 heterocycles. The largest absolute Gasteiger partial charge is 0.388 e. The molecule has 0 bridgehead atoms. The molecular formula is C15H26N2O3. The molecule has 0 aliphatic heterocycles. The van der Waals surface area contributed by atoms with Crippen LogP contribution in [0.25, 0.3) is 0 Å². The summed E-state index contributed by atoms with van der Waals surface area (Å²) in [5.74, 6) is 0. The van der Waals surface area contributed by atoms with E-state index in [1.54, 1.807) is 0 Å². The van der Waals surface area contributed by atoms with Crippen molar-refractivity contribution in [3.63, 3.8) is 0 Å². The predicted molar refractivity (Wildman–Crippen MR) is 75.4 cm³/mol. The highest BCUT2D eigenvalue weighted by atomic mass is 16.5. The van der Waals surface area contributed by atoms with Gasteiger partial charge in [0, 0.05) is 24.6 Å². The maximum Gasteiger partial charge on any atom is 0.315 e. The lowest BCUT2D eigenvalue weighted by Crippen LogP contribution is -2.68. The van der Waals surface area contributed by atoms with Crippen molar-refractivity contribution >= 4 is 6.03 Å². The smallest absolute Gasteiger partial charge is 0.315 e. The Hall–Kier alpha value is -0.810. The average Bonchev–Trinajstić information content (AvgIpc) is 2.30. The first kappa shape index (κ1) is 14.1. The summed E-state index contributed by atoms with van der Waals surface area (Å²) in [7, 11) is 0. The van der Waals surface area contributed by atoms with E-state index in [0.717, 1.165) is 45.1 Å². The molecule has 2 atom stereocenters. The van der Waals surface area contributed by atoms with Gasteiger partial charge in [-0.15, -0.1) is 0 Å². The summed E-state index contributed by atoms with van der Waals surface area (Å²) in [5, 5.41) is 15.9. The summed E-state index contributed by atoms with van der Waals surface area (Å²) in [6, 6.07) is 0.0976. The van der Waals surface area contributed by atoms with Crippen LogP contribution in [-0.4, -0.2) is 42.0 Å². The van der Waals surface area contributed by atoms with Crippen LogP contribution in [0.15, 0.2) is 0 Å². The van der Waals surface area contributed by atoms with Gasteiger partial charge in [0.05, 0.1) is 11.7 Å². The van der Waals surface area contributed by atoms with E-state index in [9.17, 15) is 9.90 Å². The predicted octanol–water partition coefficient (Wildman–Crippen LogP) is 1.55. The van der Waals surface area contributed by atoms with Gasteiger partial charge in [-0.25, -0.2) is 4.79 Å². The Balaban J connectivity index is 1.45. The molecule has 2 unspecified atom stereocenters. The van der Waals surface area contributed by atoms with Crippen LogP contribution in [0.4, 0.5) is 4.79 Å². The number of aliphatic hydroxyl groups is 1. The Morgan fingerprint density at radius 2 is 2.00 bits per heavy atom. The molecule has 3 aliphatic rings. The van der Waals surface area contributed by atoms with Crippen LogP contribution in [0.1, 0.15) is 51.9 Å². The number of rotatable bonds is 5. The van der Waals surface area contributed by atoms with Gasteiger partial charge in [0.1, 0.15) is 0 Å². The molecule has 5 nitrogen and oxygen atoms in total. The Labute approximate surface area is 120 Å². The van der Waals surface area contributed by atoms with Gasteiger partial charge in [0.2, 0.25) is 0 Å². The van der Waals surface area contributed by atoms with Crippen molar-refractivity contribution < 1.29 is 14.6 Å². The van der Waals surface area contributed by atoms with E-state index in [1.165, 1.54) is 6.42 Å². The van der Waals surface area contributed by atoms with Crippen molar-refractivity contribution in [2.75, 3.05) is 13.2 Å². The van der Waals surface area contributed by atoms with Crippen molar-refractivity contribution in [3.8, 4) is 0 Å². The highest BCUT2D eigenvalue weighted by Gasteiger charge is 2.59. The van der Waals surface area contributed by atoms with Crippen LogP contribution >= 0.6 is 0 Å². The van der Waals surface area contributed by atoms with Crippen LogP contribution in [0.2, 0.25) is 0 Å². The fourth-order valence-electron chi connectivity index (χ4n) is 3.86. The molecule has 0 aromatic heterocycles. The van der Waals surface area contributed by atoms with E-state index in [4.69, 9.17) is 4.74 Å². The number of ether oxygens (including phenoxy) is 1. The van der Waals surface area contributed by atoms with Crippen molar-refractivity contribution in [1.82, 2.24) is 10.6 Å². The Morgan fingerprint density at radius 3 is 2.50 bits per heavy atom. The normalized spacial score (nSPS) is 32.7. The molecule has 0 radical (unpaired) electrons. The van der Waals surface area contributed by atoms with E-state index in [2.05, 4.69) is 10.6 Å². The lowest BCUT2D eigenvalue weighted by atomic mass is 9.51. The minimum atomic E-state index is -0.654. The number of hydrogen-bond acceptors (Lipinski definition) is 3. The van der Waals surface area contributed by atoms with Crippen LogP contribution in [0, 0.1) is 5.41 Å². The number of carbonyl (C=O) groups is 1. The van der Waals surface area contributed by atoms with Crippen molar-refractivity contribution in [1.29, 1.82) is 0 Å². The zero-order valence-electron chi connectivity index (χ0n) is 12.3. The topological polar surface area (TPSA) is 70.6 Å². The van der Waals surface area contributed by atoms with Crippen molar-refractivity contribution in [2.24, 2.45) is 5.41 Å². The third-order valence-electron chi connectivity index (χ3n) is 5.60. The van der Waals surface area contributed by atoms with Gasteiger partial charge in [0.25, 0.3) is 0 Å². The summed E-state index contributed by atoms with van der Waals surface area (Å²) in [5.41, 5.74) is -0.459. The highest BCUT2D eigenvalue weighted by Crippen LogP contribution is 2.57. The van der Waals surface area contributed by atoms with Crippen molar-refractivity contribution in [3.05, 3.63) is 0 Å². The molecule has 0 aromatic carbocycles. The van der Waals surface area contributed by atoms with Gasteiger partial charge in [-0.2, -0.15) is 0 Å². The third kappa shape index (κ3) is 2.31. The van der Waals surface area contributed by atoms with Gasteiger partial charge in [-0.05, 0) is 45.4 Å². The Kier molecular flexibility index (Phi) is 3.67. The molecule has 3 N–H and O–H groups in total. The molecule has 3 rings (SSSR count). The third-order valence-corrected chi connectivity index (χ3v) is 5.60. The van der Waals surface area contributed by atoms with Gasteiger partial charge >= 0.3 is 6.03 Å². The molecular weight excluding hydrogens is 256 g/mol. The quantitative estimate of drug-likeness (QED) is 0.716. The summed E-state index contributed by atoms with van der Waals surface area (Å²) in [6.45, 7) is 3.14. The number of hydrogen-bond donors (Lipinski definition) is 3. The second kappa shape index (κ2) is 5.19. The number of amides is 2. The Bertz CT molecular complexity index is 377. The van der Waals surface area contributed by atoms with E-state index >= 15 is 0 Å². The average molecular weight is 282 g/mol. The minimum absolute atomic E-state index is 0.142. The monoisotopic (exact) mass is 282 g/mol. The van der Waals surface area contributed by atoms with E-state index in [-0.39, 0.29) is 17.5 Å². The molecule has 20 heavy (non-hydrogen) atoms. The molecule has 3 fully saturated rings. The maximum absolute atomic E-state index is 12.0. The second-order valence-electron chi connectivity index (χ2n) is 6.72. The first-order chi connectivity index (χ1) is 9.58. The van der Waals surface area contributed by atoms with E-state index in [1.807, 2.05) is 6.92 Å². The van der Waals surface area contributed by atoms with Gasteiger partial charge < -0.3 is 20.5 Å². The van der Waals surface area contributed by atoms with Crippen molar-refractivity contribution in [2.45, 2.75) is 69.6 Å². The first-order valence-electron chi connectivity index (χ1n) is 7.96. The molecule has 3 aliphatic carbocycles. The fourth-order valence-corrected chi connectivity index (χ4v) is 3.86. The minimum Gasteiger partial charge on any atom is -0.388 e. The first-order valence-corrected chi connectivity index (χ1v) is 7.96. The Morgan fingerprint density at radius 1 is 1.30 bits per heavy atom. The molecule has 114 valence electrons.